The van der Waals surface area contributed by atoms with Gasteiger partial charge >= 0.3 is 0 Å². The van der Waals surface area contributed by atoms with Crippen molar-refractivity contribution < 1.29 is 8.78 Å². The van der Waals surface area contributed by atoms with E-state index in [1.54, 1.807) is 19.4 Å². The van der Waals surface area contributed by atoms with Gasteiger partial charge in [0.2, 0.25) is 0 Å². The van der Waals surface area contributed by atoms with Crippen molar-refractivity contribution in [3.63, 3.8) is 0 Å². The van der Waals surface area contributed by atoms with Gasteiger partial charge in [0.05, 0.1) is 0 Å². The van der Waals surface area contributed by atoms with Gasteiger partial charge in [0.25, 0.3) is 0 Å². The van der Waals surface area contributed by atoms with E-state index in [4.69, 9.17) is 0 Å². The summed E-state index contributed by atoms with van der Waals surface area (Å²) in [4.78, 5) is 4.01. The van der Waals surface area contributed by atoms with E-state index in [1.807, 2.05) is 12.1 Å². The molecule has 1 aromatic heterocycles. The molecule has 0 aliphatic carbocycles. The Bertz CT molecular complexity index is 514. The molecule has 0 saturated carbocycles. The zero-order valence-corrected chi connectivity index (χ0v) is 10.0. The Hall–Kier alpha value is -1.81. The van der Waals surface area contributed by atoms with Crippen LogP contribution in [-0.4, -0.2) is 12.0 Å². The highest BCUT2D eigenvalue weighted by molar-refractivity contribution is 5.24. The van der Waals surface area contributed by atoms with E-state index in [-0.39, 0.29) is 6.04 Å². The average molecular weight is 248 g/mol. The molecule has 0 spiro atoms. The van der Waals surface area contributed by atoms with E-state index >= 15 is 0 Å². The Morgan fingerprint density at radius 2 is 2.11 bits per heavy atom. The van der Waals surface area contributed by atoms with Gasteiger partial charge in [0, 0.05) is 24.0 Å². The van der Waals surface area contributed by atoms with E-state index in [0.717, 1.165) is 17.7 Å². The first-order chi connectivity index (χ1) is 8.70. The van der Waals surface area contributed by atoms with Gasteiger partial charge in [-0.05, 0) is 43.3 Å². The molecule has 1 aromatic carbocycles. The summed E-state index contributed by atoms with van der Waals surface area (Å²) in [5, 5.41) is 3.00. The lowest BCUT2D eigenvalue weighted by molar-refractivity contribution is 0.522. The summed E-state index contributed by atoms with van der Waals surface area (Å²) in [6.45, 7) is 0. The fraction of sp³-hybridized carbons (Fsp3) is 0.214. The molecular weight excluding hydrogens is 234 g/mol. The predicted molar refractivity (Wildman–Crippen MR) is 66.1 cm³/mol. The van der Waals surface area contributed by atoms with Crippen molar-refractivity contribution in [2.75, 3.05) is 7.05 Å². The molecule has 1 atom stereocenters. The van der Waals surface area contributed by atoms with E-state index in [1.165, 1.54) is 6.07 Å². The number of aromatic nitrogens is 1. The van der Waals surface area contributed by atoms with Gasteiger partial charge in [-0.3, -0.25) is 4.98 Å². The van der Waals surface area contributed by atoms with Gasteiger partial charge in [0.15, 0.2) is 0 Å². The molecule has 1 N–H and O–H groups in total. The number of likely N-dealkylation sites (N-methyl/N-ethyl adjacent to an activating group) is 1. The quantitative estimate of drug-likeness (QED) is 0.900. The second-order valence-electron chi connectivity index (χ2n) is 4.07. The summed E-state index contributed by atoms with van der Waals surface area (Å²) in [5.74, 6) is -0.836. The van der Waals surface area contributed by atoms with Crippen LogP contribution in [0.25, 0.3) is 0 Å². The van der Waals surface area contributed by atoms with E-state index in [2.05, 4.69) is 10.3 Å². The van der Waals surface area contributed by atoms with Crippen molar-refractivity contribution in [1.29, 1.82) is 0 Å². The lowest BCUT2D eigenvalue weighted by atomic mass is 9.99. The molecule has 2 rings (SSSR count). The Labute approximate surface area is 105 Å². The topological polar surface area (TPSA) is 24.9 Å². The minimum Gasteiger partial charge on any atom is -0.313 e. The van der Waals surface area contributed by atoms with Crippen molar-refractivity contribution in [1.82, 2.24) is 10.3 Å². The van der Waals surface area contributed by atoms with Crippen LogP contribution in [0.1, 0.15) is 17.2 Å². The smallest absolute Gasteiger partial charge is 0.128 e. The van der Waals surface area contributed by atoms with Crippen LogP contribution >= 0.6 is 0 Å². The van der Waals surface area contributed by atoms with Crippen molar-refractivity contribution in [3.05, 3.63) is 65.5 Å². The lowest BCUT2D eigenvalue weighted by Crippen LogP contribution is -2.20. The second-order valence-corrected chi connectivity index (χ2v) is 4.07. The number of halogens is 2. The summed E-state index contributed by atoms with van der Waals surface area (Å²) in [5.41, 5.74) is 1.31. The molecule has 0 saturated heterocycles. The Balaban J connectivity index is 2.26. The molecular formula is C14H14F2N2. The van der Waals surface area contributed by atoms with Crippen LogP contribution in [0.3, 0.4) is 0 Å². The minimum atomic E-state index is -0.433. The molecule has 1 unspecified atom stereocenters. The fourth-order valence-corrected chi connectivity index (χ4v) is 1.90. The summed E-state index contributed by atoms with van der Waals surface area (Å²) in [6, 6.07) is 6.96. The Kier molecular flexibility index (Phi) is 3.99. The molecule has 0 bridgehead atoms. The molecule has 4 heteroatoms. The highest BCUT2D eigenvalue weighted by atomic mass is 19.1. The van der Waals surface area contributed by atoms with Crippen molar-refractivity contribution in [2.45, 2.75) is 12.5 Å². The van der Waals surface area contributed by atoms with Gasteiger partial charge in [-0.2, -0.15) is 0 Å². The lowest BCUT2D eigenvalue weighted by Gasteiger charge is -2.17. The van der Waals surface area contributed by atoms with Crippen LogP contribution in [0.2, 0.25) is 0 Å². The monoisotopic (exact) mass is 248 g/mol. The Morgan fingerprint density at radius 1 is 1.28 bits per heavy atom. The van der Waals surface area contributed by atoms with Crippen LogP contribution in [0.5, 0.6) is 0 Å². The number of hydrogen-bond donors (Lipinski definition) is 1. The number of nitrogens with one attached hydrogen (secondary N) is 1. The highest BCUT2D eigenvalue weighted by Gasteiger charge is 2.15. The minimum absolute atomic E-state index is 0.273. The van der Waals surface area contributed by atoms with Crippen molar-refractivity contribution in [2.24, 2.45) is 0 Å². The molecule has 0 aliphatic rings. The highest BCUT2D eigenvalue weighted by Crippen LogP contribution is 2.21. The van der Waals surface area contributed by atoms with Crippen LogP contribution in [0, 0.1) is 11.6 Å². The summed E-state index contributed by atoms with van der Waals surface area (Å²) < 4.78 is 26.9. The molecule has 0 radical (unpaired) electrons. The largest absolute Gasteiger partial charge is 0.313 e. The zero-order chi connectivity index (χ0) is 13.0. The van der Waals surface area contributed by atoms with E-state index in [9.17, 15) is 8.78 Å². The number of nitrogens with zero attached hydrogens (tertiary/aromatic N) is 1. The van der Waals surface area contributed by atoms with Crippen LogP contribution in [0.4, 0.5) is 8.78 Å². The van der Waals surface area contributed by atoms with Crippen molar-refractivity contribution in [3.8, 4) is 0 Å². The third-order valence-electron chi connectivity index (χ3n) is 2.84. The van der Waals surface area contributed by atoms with Gasteiger partial charge in [-0.1, -0.05) is 6.07 Å². The first-order valence-corrected chi connectivity index (χ1v) is 5.72. The first-order valence-electron chi connectivity index (χ1n) is 5.72. The Morgan fingerprint density at radius 3 is 2.78 bits per heavy atom. The molecule has 1 heterocycles. The fourth-order valence-electron chi connectivity index (χ4n) is 1.90. The maximum Gasteiger partial charge on any atom is 0.128 e. The molecule has 0 fully saturated rings. The SMILES string of the molecule is CNC(Cc1cccnc1)c1cc(F)ccc1F. The summed E-state index contributed by atoms with van der Waals surface area (Å²) in [7, 11) is 1.73. The maximum absolute atomic E-state index is 13.7. The summed E-state index contributed by atoms with van der Waals surface area (Å²) >= 11 is 0. The van der Waals surface area contributed by atoms with Crippen LogP contribution in [0.15, 0.2) is 42.7 Å². The van der Waals surface area contributed by atoms with E-state index < -0.39 is 11.6 Å². The third-order valence-corrected chi connectivity index (χ3v) is 2.84. The molecule has 2 nitrogen and oxygen atoms in total. The molecule has 0 aliphatic heterocycles. The molecule has 94 valence electrons. The normalized spacial score (nSPS) is 12.4. The average Bonchev–Trinajstić information content (AvgIpc) is 2.40. The number of benzene rings is 1. The number of pyridine rings is 1. The zero-order valence-electron chi connectivity index (χ0n) is 10.0. The predicted octanol–water partition coefficient (Wildman–Crippen LogP) is 2.86. The maximum atomic E-state index is 13.7. The van der Waals surface area contributed by atoms with E-state index in [0.29, 0.717) is 12.0 Å². The first kappa shape index (κ1) is 12.6. The molecule has 2 aromatic rings. The van der Waals surface area contributed by atoms with Gasteiger partial charge in [0.1, 0.15) is 11.6 Å². The number of hydrogen-bond acceptors (Lipinski definition) is 2. The van der Waals surface area contributed by atoms with Crippen LogP contribution in [-0.2, 0) is 6.42 Å². The van der Waals surface area contributed by atoms with Crippen LogP contribution < -0.4 is 5.32 Å². The molecule has 0 amide bonds. The second kappa shape index (κ2) is 5.69. The molecule has 18 heavy (non-hydrogen) atoms. The summed E-state index contributed by atoms with van der Waals surface area (Å²) in [6.07, 6.45) is 3.97. The van der Waals surface area contributed by atoms with Gasteiger partial charge in [-0.15, -0.1) is 0 Å². The van der Waals surface area contributed by atoms with Gasteiger partial charge in [-0.25, -0.2) is 8.78 Å². The van der Waals surface area contributed by atoms with Gasteiger partial charge < -0.3 is 5.32 Å². The van der Waals surface area contributed by atoms with Crippen molar-refractivity contribution >= 4 is 0 Å². The standard InChI is InChI=1S/C14H14F2N2/c1-17-14(7-10-3-2-6-18-9-10)12-8-11(15)4-5-13(12)16/h2-6,8-9,14,17H,7H2,1H3. The third kappa shape index (κ3) is 2.90. The number of rotatable bonds is 4.